The first-order chi connectivity index (χ1) is 5.79. The Morgan fingerprint density at radius 2 is 2.42 bits per heavy atom. The van der Waals surface area contributed by atoms with E-state index in [1.807, 2.05) is 6.08 Å². The minimum absolute atomic E-state index is 0.594. The molecule has 0 saturated heterocycles. The Kier molecular flexibility index (Phi) is 3.35. The number of rotatable bonds is 3. The molecule has 66 valence electrons. The summed E-state index contributed by atoms with van der Waals surface area (Å²) in [4.78, 5) is 12.0. The summed E-state index contributed by atoms with van der Waals surface area (Å²) in [7, 11) is 0. The number of halogens is 1. The van der Waals surface area contributed by atoms with Gasteiger partial charge in [0.15, 0.2) is 0 Å². The summed E-state index contributed by atoms with van der Waals surface area (Å²) in [5, 5.41) is 0.594. The molecule has 1 rings (SSSR count). The van der Waals surface area contributed by atoms with Gasteiger partial charge in [0.25, 0.3) is 0 Å². The summed E-state index contributed by atoms with van der Waals surface area (Å²) in [5.74, 6) is 0. The molecular formula is C9H12ClNO. The zero-order valence-corrected chi connectivity index (χ0v) is 7.68. The summed E-state index contributed by atoms with van der Waals surface area (Å²) in [6.45, 7) is 4.38. The summed E-state index contributed by atoms with van der Waals surface area (Å²) >= 11 is 5.95. The molecule has 1 heterocycles. The summed E-state index contributed by atoms with van der Waals surface area (Å²) in [5.41, 5.74) is 1.12. The molecule has 3 heteroatoms. The lowest BCUT2D eigenvalue weighted by molar-refractivity contribution is -0.116. The molecule has 0 aromatic heterocycles. The van der Waals surface area contributed by atoms with Gasteiger partial charge in [-0.05, 0) is 24.8 Å². The van der Waals surface area contributed by atoms with Gasteiger partial charge in [-0.1, -0.05) is 17.7 Å². The molecular weight excluding hydrogens is 174 g/mol. The minimum Gasteiger partial charge on any atom is -0.305 e. The van der Waals surface area contributed by atoms with Crippen LogP contribution < -0.4 is 0 Å². The molecule has 0 aromatic carbocycles. The highest BCUT2D eigenvalue weighted by Crippen LogP contribution is 2.26. The zero-order valence-electron chi connectivity index (χ0n) is 6.92. The Morgan fingerprint density at radius 3 is 3.00 bits per heavy atom. The number of hydrogen-bond acceptors (Lipinski definition) is 1. The average molecular weight is 186 g/mol. The molecule has 0 aliphatic carbocycles. The molecule has 0 saturated carbocycles. The van der Waals surface area contributed by atoms with E-state index >= 15 is 0 Å². The number of amides is 1. The highest BCUT2D eigenvalue weighted by molar-refractivity contribution is 6.30. The van der Waals surface area contributed by atoms with Crippen molar-refractivity contribution in [1.29, 1.82) is 0 Å². The van der Waals surface area contributed by atoms with E-state index in [1.165, 1.54) is 0 Å². The van der Waals surface area contributed by atoms with Gasteiger partial charge in [0.2, 0.25) is 6.41 Å². The molecule has 0 atom stereocenters. The van der Waals surface area contributed by atoms with E-state index in [2.05, 4.69) is 6.58 Å². The molecule has 0 fully saturated rings. The molecule has 1 aliphatic rings. The minimum atomic E-state index is 0.594. The van der Waals surface area contributed by atoms with E-state index in [1.54, 1.807) is 4.90 Å². The third-order valence-electron chi connectivity index (χ3n) is 1.94. The predicted molar refractivity (Wildman–Crippen MR) is 49.7 cm³/mol. The molecule has 0 spiro atoms. The lowest BCUT2D eigenvalue weighted by Crippen LogP contribution is -2.24. The van der Waals surface area contributed by atoms with Crippen LogP contribution in [-0.2, 0) is 4.79 Å². The van der Waals surface area contributed by atoms with Crippen LogP contribution >= 0.6 is 11.6 Å². The van der Waals surface area contributed by atoms with Crippen LogP contribution in [0.5, 0.6) is 0 Å². The fourth-order valence-corrected chi connectivity index (χ4v) is 1.62. The van der Waals surface area contributed by atoms with Crippen LogP contribution in [0.3, 0.4) is 0 Å². The van der Waals surface area contributed by atoms with E-state index in [4.69, 9.17) is 11.6 Å². The maximum absolute atomic E-state index is 10.5. The van der Waals surface area contributed by atoms with Crippen LogP contribution in [-0.4, -0.2) is 17.9 Å². The van der Waals surface area contributed by atoms with Gasteiger partial charge in [-0.15, -0.1) is 6.58 Å². The van der Waals surface area contributed by atoms with Crippen molar-refractivity contribution in [2.45, 2.75) is 19.3 Å². The predicted octanol–water partition coefficient (Wildman–Crippen LogP) is 2.27. The van der Waals surface area contributed by atoms with Crippen molar-refractivity contribution in [2.75, 3.05) is 6.54 Å². The highest BCUT2D eigenvalue weighted by Gasteiger charge is 2.16. The molecule has 0 radical (unpaired) electrons. The van der Waals surface area contributed by atoms with Crippen molar-refractivity contribution >= 4 is 18.0 Å². The highest BCUT2D eigenvalue weighted by atomic mass is 35.5. The first-order valence-corrected chi connectivity index (χ1v) is 4.37. The Morgan fingerprint density at radius 1 is 1.67 bits per heavy atom. The standard InChI is InChI=1S/C9H12ClNO/c1-2-4-8-5-3-6-11(7-12)9(8)10/h2,7H,1,3-6H2. The second-order valence-electron chi connectivity index (χ2n) is 2.79. The summed E-state index contributed by atoms with van der Waals surface area (Å²) in [6, 6.07) is 0. The SMILES string of the molecule is C=CCC1=C(Cl)N(C=O)CCC1. The van der Waals surface area contributed by atoms with Crippen molar-refractivity contribution in [3.8, 4) is 0 Å². The topological polar surface area (TPSA) is 20.3 Å². The number of nitrogens with zero attached hydrogens (tertiary/aromatic N) is 1. The van der Waals surface area contributed by atoms with Crippen LogP contribution in [0.15, 0.2) is 23.4 Å². The van der Waals surface area contributed by atoms with Crippen molar-refractivity contribution in [2.24, 2.45) is 0 Å². The number of allylic oxidation sites excluding steroid dienone is 2. The molecule has 0 N–H and O–H groups in total. The van der Waals surface area contributed by atoms with E-state index in [0.29, 0.717) is 5.16 Å². The first kappa shape index (κ1) is 9.33. The smallest absolute Gasteiger partial charge is 0.214 e. The van der Waals surface area contributed by atoms with E-state index in [-0.39, 0.29) is 0 Å². The van der Waals surface area contributed by atoms with Crippen LogP contribution in [0, 0.1) is 0 Å². The van der Waals surface area contributed by atoms with Crippen LogP contribution in [0.4, 0.5) is 0 Å². The molecule has 12 heavy (non-hydrogen) atoms. The third kappa shape index (κ3) is 1.89. The molecule has 0 bridgehead atoms. The first-order valence-electron chi connectivity index (χ1n) is 4.00. The fraction of sp³-hybridized carbons (Fsp3) is 0.444. The number of carbonyl (C=O) groups excluding carboxylic acids is 1. The average Bonchev–Trinajstić information content (AvgIpc) is 2.09. The second kappa shape index (κ2) is 4.31. The summed E-state index contributed by atoms with van der Waals surface area (Å²) < 4.78 is 0. The fourth-order valence-electron chi connectivity index (χ4n) is 1.33. The third-order valence-corrected chi connectivity index (χ3v) is 2.42. The number of carbonyl (C=O) groups is 1. The van der Waals surface area contributed by atoms with Gasteiger partial charge in [0.1, 0.15) is 5.16 Å². The monoisotopic (exact) mass is 185 g/mol. The largest absolute Gasteiger partial charge is 0.305 e. The second-order valence-corrected chi connectivity index (χ2v) is 3.15. The van der Waals surface area contributed by atoms with Crippen LogP contribution in [0.1, 0.15) is 19.3 Å². The van der Waals surface area contributed by atoms with E-state index < -0.39 is 0 Å². The number of hydrogen-bond donors (Lipinski definition) is 0. The lowest BCUT2D eigenvalue weighted by atomic mass is 10.0. The van der Waals surface area contributed by atoms with Crippen molar-refractivity contribution in [1.82, 2.24) is 4.90 Å². The lowest BCUT2D eigenvalue weighted by Gasteiger charge is -2.24. The zero-order chi connectivity index (χ0) is 8.97. The van der Waals surface area contributed by atoms with Gasteiger partial charge in [0, 0.05) is 6.54 Å². The van der Waals surface area contributed by atoms with Gasteiger partial charge in [-0.3, -0.25) is 4.79 Å². The Labute approximate surface area is 77.5 Å². The quantitative estimate of drug-likeness (QED) is 0.375. The molecule has 0 aromatic rings. The Balaban J connectivity index is 2.78. The normalized spacial score (nSPS) is 17.9. The Hall–Kier alpha value is -0.760. The van der Waals surface area contributed by atoms with Crippen LogP contribution in [0.2, 0.25) is 0 Å². The van der Waals surface area contributed by atoms with Gasteiger partial charge >= 0.3 is 0 Å². The van der Waals surface area contributed by atoms with Gasteiger partial charge in [-0.2, -0.15) is 0 Å². The maximum Gasteiger partial charge on any atom is 0.214 e. The molecule has 1 aliphatic heterocycles. The van der Waals surface area contributed by atoms with Crippen molar-refractivity contribution in [3.63, 3.8) is 0 Å². The van der Waals surface area contributed by atoms with Gasteiger partial charge < -0.3 is 4.90 Å². The van der Waals surface area contributed by atoms with Gasteiger partial charge in [0.05, 0.1) is 0 Å². The van der Waals surface area contributed by atoms with Crippen LogP contribution in [0.25, 0.3) is 0 Å². The maximum atomic E-state index is 10.5. The molecule has 1 amide bonds. The molecule has 0 unspecified atom stereocenters. The summed E-state index contributed by atoms with van der Waals surface area (Å²) in [6.07, 6.45) is 5.35. The molecule has 2 nitrogen and oxygen atoms in total. The van der Waals surface area contributed by atoms with Crippen molar-refractivity contribution < 1.29 is 4.79 Å². The van der Waals surface area contributed by atoms with E-state index in [9.17, 15) is 4.79 Å². The Bertz CT molecular complexity index is 223. The van der Waals surface area contributed by atoms with E-state index in [0.717, 1.165) is 37.8 Å². The van der Waals surface area contributed by atoms with Crippen molar-refractivity contribution in [3.05, 3.63) is 23.4 Å². The van der Waals surface area contributed by atoms with Gasteiger partial charge in [-0.25, -0.2) is 0 Å².